The second-order valence-corrected chi connectivity index (χ2v) is 9.48. The molecule has 2 amide bonds. The Labute approximate surface area is 219 Å². The highest BCUT2D eigenvalue weighted by atomic mass is 32.1. The van der Waals surface area contributed by atoms with Gasteiger partial charge in [0.15, 0.2) is 0 Å². The van der Waals surface area contributed by atoms with Gasteiger partial charge in [-0.1, -0.05) is 43.0 Å². The highest BCUT2D eigenvalue weighted by Gasteiger charge is 2.33. The molecule has 184 valence electrons. The van der Waals surface area contributed by atoms with Gasteiger partial charge in [0.25, 0.3) is 11.8 Å². The number of halogens is 1. The Morgan fingerprint density at radius 1 is 1.05 bits per heavy atom. The van der Waals surface area contributed by atoms with E-state index in [4.69, 9.17) is 0 Å². The number of rotatable bonds is 6. The highest BCUT2D eigenvalue weighted by Crippen LogP contribution is 2.42. The number of nitrogens with zero attached hydrogens (tertiary/aromatic N) is 3. The highest BCUT2D eigenvalue weighted by molar-refractivity contribution is 7.17. The molecule has 5 nitrogen and oxygen atoms in total. The molecule has 2 heterocycles. The van der Waals surface area contributed by atoms with Gasteiger partial charge in [0.05, 0.1) is 5.69 Å². The minimum Gasteiger partial charge on any atom is -0.302 e. The first-order valence-corrected chi connectivity index (χ1v) is 12.3. The molecule has 0 atom stereocenters. The predicted molar refractivity (Wildman–Crippen MR) is 147 cm³/mol. The van der Waals surface area contributed by atoms with E-state index >= 15 is 0 Å². The van der Waals surface area contributed by atoms with Crippen molar-refractivity contribution in [2.75, 3.05) is 11.9 Å². The van der Waals surface area contributed by atoms with E-state index in [0.29, 0.717) is 16.7 Å². The zero-order valence-electron chi connectivity index (χ0n) is 20.7. The molecule has 1 aliphatic heterocycles. The van der Waals surface area contributed by atoms with E-state index in [1.54, 1.807) is 37.3 Å². The van der Waals surface area contributed by atoms with Crippen LogP contribution in [-0.4, -0.2) is 23.8 Å². The van der Waals surface area contributed by atoms with Crippen molar-refractivity contribution in [3.63, 3.8) is 0 Å². The van der Waals surface area contributed by atoms with Crippen molar-refractivity contribution in [3.8, 4) is 6.07 Å². The molecular formula is C30H24FN3O2S. The zero-order valence-corrected chi connectivity index (χ0v) is 21.5. The number of carbonyl (C=O) groups is 2. The molecule has 3 aromatic rings. The van der Waals surface area contributed by atoms with Crippen LogP contribution in [0.4, 0.5) is 20.8 Å². The molecule has 0 saturated carbocycles. The Balaban J connectivity index is 1.85. The smallest absolute Gasteiger partial charge is 0.271 e. The van der Waals surface area contributed by atoms with Gasteiger partial charge < -0.3 is 4.90 Å². The van der Waals surface area contributed by atoms with E-state index in [1.807, 2.05) is 60.4 Å². The molecule has 0 fully saturated rings. The van der Waals surface area contributed by atoms with Crippen molar-refractivity contribution in [1.29, 1.82) is 5.26 Å². The van der Waals surface area contributed by atoms with Crippen LogP contribution >= 0.6 is 11.3 Å². The summed E-state index contributed by atoms with van der Waals surface area (Å²) in [4.78, 5) is 28.9. The summed E-state index contributed by atoms with van der Waals surface area (Å²) in [5, 5.41) is 10.3. The fourth-order valence-electron chi connectivity index (χ4n) is 4.14. The molecule has 0 spiro atoms. The molecule has 1 aliphatic rings. The summed E-state index contributed by atoms with van der Waals surface area (Å²) in [5.41, 5.74) is 3.54. The number of nitriles is 1. The first-order chi connectivity index (χ1) is 17.8. The van der Waals surface area contributed by atoms with Crippen LogP contribution in [0.1, 0.15) is 22.9 Å². The summed E-state index contributed by atoms with van der Waals surface area (Å²) < 4.78 is 14.7. The van der Waals surface area contributed by atoms with Gasteiger partial charge in [-0.05, 0) is 67.5 Å². The standard InChI is InChI=1S/C30H24FN3O2S/c1-5-6-12-23-20(3)27(15-14-26(23)31)34(21-10-8-7-9-11-21)28-16-13-22(37-28)17-24-19(2)25(18-32)30(36)33(4)29(24)35/h5-17H,1H2,2-4H3/b12-6-,24-17+. The van der Waals surface area contributed by atoms with Crippen LogP contribution in [0.3, 0.4) is 0 Å². The van der Waals surface area contributed by atoms with E-state index < -0.39 is 11.8 Å². The molecule has 4 rings (SSSR count). The number of imide groups is 1. The molecule has 0 saturated heterocycles. The Hall–Kier alpha value is -4.54. The Kier molecular flexibility index (Phi) is 7.32. The van der Waals surface area contributed by atoms with E-state index in [-0.39, 0.29) is 11.4 Å². The monoisotopic (exact) mass is 509 g/mol. The van der Waals surface area contributed by atoms with Crippen molar-refractivity contribution in [2.24, 2.45) is 0 Å². The van der Waals surface area contributed by atoms with Crippen LogP contribution in [0.5, 0.6) is 0 Å². The SMILES string of the molecule is C=C/C=C\c1c(F)ccc(N(c2ccccc2)c2ccc(/C=C3/C(=O)N(C)C(=O)C(C#N)=C3C)s2)c1C. The third kappa shape index (κ3) is 4.80. The number of thiophene rings is 1. The molecule has 0 N–H and O–H groups in total. The fraction of sp³-hybridized carbons (Fsp3) is 0.100. The number of para-hydroxylation sites is 1. The van der Waals surface area contributed by atoms with Gasteiger partial charge in [-0.15, -0.1) is 11.3 Å². The summed E-state index contributed by atoms with van der Waals surface area (Å²) in [5.74, 6) is -1.38. The quantitative estimate of drug-likeness (QED) is 0.202. The molecule has 7 heteroatoms. The molecule has 2 aromatic carbocycles. The third-order valence-electron chi connectivity index (χ3n) is 6.15. The van der Waals surface area contributed by atoms with Crippen LogP contribution in [-0.2, 0) is 9.59 Å². The second kappa shape index (κ2) is 10.6. The van der Waals surface area contributed by atoms with Crippen molar-refractivity contribution in [2.45, 2.75) is 13.8 Å². The first kappa shape index (κ1) is 25.5. The van der Waals surface area contributed by atoms with Crippen molar-refractivity contribution in [1.82, 2.24) is 4.90 Å². The molecular weight excluding hydrogens is 485 g/mol. The van der Waals surface area contributed by atoms with Gasteiger partial charge in [0.1, 0.15) is 22.5 Å². The van der Waals surface area contributed by atoms with Gasteiger partial charge in [0.2, 0.25) is 0 Å². The largest absolute Gasteiger partial charge is 0.302 e. The van der Waals surface area contributed by atoms with E-state index in [0.717, 1.165) is 31.7 Å². The lowest BCUT2D eigenvalue weighted by molar-refractivity contribution is -0.138. The number of allylic oxidation sites excluding steroid dienone is 2. The zero-order chi connectivity index (χ0) is 26.7. The summed E-state index contributed by atoms with van der Waals surface area (Å²) in [6.07, 6.45) is 6.70. The number of hydrogen-bond acceptors (Lipinski definition) is 5. The Bertz CT molecular complexity index is 1540. The predicted octanol–water partition coefficient (Wildman–Crippen LogP) is 7.09. The molecule has 0 bridgehead atoms. The number of likely N-dealkylation sites (N-methyl/N-ethyl adjacent to an activating group) is 1. The average molecular weight is 510 g/mol. The van der Waals surface area contributed by atoms with Gasteiger partial charge in [0, 0.05) is 28.7 Å². The third-order valence-corrected chi connectivity index (χ3v) is 7.17. The Morgan fingerprint density at radius 2 is 1.78 bits per heavy atom. The van der Waals surface area contributed by atoms with Crippen molar-refractivity contribution in [3.05, 3.63) is 112 Å². The lowest BCUT2D eigenvalue weighted by Gasteiger charge is -2.26. The Morgan fingerprint density at radius 3 is 2.46 bits per heavy atom. The topological polar surface area (TPSA) is 64.4 Å². The van der Waals surface area contributed by atoms with E-state index in [9.17, 15) is 19.2 Å². The average Bonchev–Trinajstić information content (AvgIpc) is 3.36. The summed E-state index contributed by atoms with van der Waals surface area (Å²) >= 11 is 1.44. The molecule has 0 aliphatic carbocycles. The van der Waals surface area contributed by atoms with Gasteiger partial charge in [-0.3, -0.25) is 14.5 Å². The number of anilines is 3. The maximum atomic E-state index is 14.7. The van der Waals surface area contributed by atoms with Crippen LogP contribution in [0.25, 0.3) is 12.2 Å². The minimum atomic E-state index is -0.600. The molecule has 1 aromatic heterocycles. The second-order valence-electron chi connectivity index (χ2n) is 8.39. The number of amides is 2. The van der Waals surface area contributed by atoms with E-state index in [1.165, 1.54) is 24.5 Å². The summed E-state index contributed by atoms with van der Waals surface area (Å²) in [7, 11) is 1.37. The van der Waals surface area contributed by atoms with Crippen LogP contribution in [0, 0.1) is 24.1 Å². The summed E-state index contributed by atoms with van der Waals surface area (Å²) in [6, 6.07) is 18.6. The maximum Gasteiger partial charge on any atom is 0.271 e. The normalized spacial score (nSPS) is 15.0. The maximum absolute atomic E-state index is 14.7. The van der Waals surface area contributed by atoms with Crippen molar-refractivity contribution >= 4 is 51.7 Å². The summed E-state index contributed by atoms with van der Waals surface area (Å²) in [6.45, 7) is 7.16. The molecule has 37 heavy (non-hydrogen) atoms. The fourth-order valence-corrected chi connectivity index (χ4v) is 5.12. The number of carbonyl (C=O) groups excluding carboxylic acids is 2. The van der Waals surface area contributed by atoms with E-state index in [2.05, 4.69) is 6.58 Å². The molecule has 0 radical (unpaired) electrons. The number of hydrogen-bond donors (Lipinski definition) is 0. The van der Waals surface area contributed by atoms with Gasteiger partial charge >= 0.3 is 0 Å². The van der Waals surface area contributed by atoms with Gasteiger partial charge in [-0.25, -0.2) is 4.39 Å². The lowest BCUT2D eigenvalue weighted by Crippen LogP contribution is -2.39. The van der Waals surface area contributed by atoms with Crippen LogP contribution in [0.2, 0.25) is 0 Å². The van der Waals surface area contributed by atoms with Crippen LogP contribution < -0.4 is 4.90 Å². The minimum absolute atomic E-state index is 0.0434. The lowest BCUT2D eigenvalue weighted by atomic mass is 9.95. The first-order valence-electron chi connectivity index (χ1n) is 11.5. The number of benzene rings is 2. The van der Waals surface area contributed by atoms with Crippen LogP contribution in [0.15, 0.2) is 90.0 Å². The van der Waals surface area contributed by atoms with Crippen molar-refractivity contribution < 1.29 is 14.0 Å². The van der Waals surface area contributed by atoms with Gasteiger partial charge in [-0.2, -0.15) is 5.26 Å². The molecule has 0 unspecified atom stereocenters.